The largest absolute Gasteiger partial charge is 0.375 e. The number of hydrogen-bond donors (Lipinski definition) is 0. The van der Waals surface area contributed by atoms with Crippen LogP contribution in [0.5, 0.6) is 0 Å². The Labute approximate surface area is 101 Å². The lowest BCUT2D eigenvalue weighted by atomic mass is 10.3. The summed E-state index contributed by atoms with van der Waals surface area (Å²) in [5, 5.41) is 8.15. The molecule has 0 bridgehead atoms. The summed E-state index contributed by atoms with van der Waals surface area (Å²) in [4.78, 5) is 0. The molecule has 0 saturated heterocycles. The van der Waals surface area contributed by atoms with Crippen molar-refractivity contribution >= 4 is 0 Å². The molecule has 17 heavy (non-hydrogen) atoms. The van der Waals surface area contributed by atoms with Crippen LogP contribution < -0.4 is 0 Å². The lowest BCUT2D eigenvalue weighted by Crippen LogP contribution is -1.95. The number of benzene rings is 1. The molecule has 0 aliphatic rings. The van der Waals surface area contributed by atoms with Gasteiger partial charge in [-0.25, -0.2) is 4.68 Å². The zero-order valence-corrected chi connectivity index (χ0v) is 10.0. The number of rotatable bonds is 6. The van der Waals surface area contributed by atoms with Crippen LogP contribution in [0.3, 0.4) is 0 Å². The summed E-state index contributed by atoms with van der Waals surface area (Å²) in [5.74, 6) is 0. The summed E-state index contributed by atoms with van der Waals surface area (Å²) in [6.07, 6.45) is 4.14. The summed E-state index contributed by atoms with van der Waals surface area (Å²) < 4.78 is 7.26. The monoisotopic (exact) mass is 231 g/mol. The smallest absolute Gasteiger partial charge is 0.109 e. The highest BCUT2D eigenvalue weighted by Crippen LogP contribution is 2.06. The first kappa shape index (κ1) is 11.8. The summed E-state index contributed by atoms with van der Waals surface area (Å²) in [6, 6.07) is 9.94. The molecule has 0 spiro atoms. The van der Waals surface area contributed by atoms with Crippen molar-refractivity contribution in [2.24, 2.45) is 0 Å². The number of aromatic nitrogens is 3. The molecule has 0 N–H and O–H groups in total. The van der Waals surface area contributed by atoms with Crippen LogP contribution in [0.15, 0.2) is 36.5 Å². The molecule has 0 unspecified atom stereocenters. The number of unbranched alkanes of at least 4 members (excludes halogenated alkanes) is 1. The fourth-order valence-corrected chi connectivity index (χ4v) is 1.49. The van der Waals surface area contributed by atoms with E-state index < -0.39 is 0 Å². The van der Waals surface area contributed by atoms with E-state index in [-0.39, 0.29) is 0 Å². The molecule has 0 radical (unpaired) electrons. The van der Waals surface area contributed by atoms with Crippen molar-refractivity contribution in [1.82, 2.24) is 15.0 Å². The maximum Gasteiger partial charge on any atom is 0.109 e. The summed E-state index contributed by atoms with van der Waals surface area (Å²) >= 11 is 0. The molecule has 0 aliphatic carbocycles. The van der Waals surface area contributed by atoms with Gasteiger partial charge in [-0.15, -0.1) is 5.10 Å². The van der Waals surface area contributed by atoms with Gasteiger partial charge in [-0.2, -0.15) is 0 Å². The summed E-state index contributed by atoms with van der Waals surface area (Å²) in [7, 11) is 0. The molecule has 1 aromatic heterocycles. The molecule has 0 atom stereocenters. The maximum atomic E-state index is 5.49. The zero-order valence-electron chi connectivity index (χ0n) is 10.0. The first-order valence-corrected chi connectivity index (χ1v) is 5.94. The maximum absolute atomic E-state index is 5.49. The second kappa shape index (κ2) is 6.15. The van der Waals surface area contributed by atoms with Gasteiger partial charge in [0.15, 0.2) is 0 Å². The SMILES string of the molecule is CCCCOCc1cn(-c2ccccc2)nn1. The first-order valence-electron chi connectivity index (χ1n) is 5.94. The molecule has 2 aromatic rings. The molecule has 1 aromatic carbocycles. The van der Waals surface area contributed by atoms with Crippen molar-refractivity contribution in [1.29, 1.82) is 0 Å². The molecular weight excluding hydrogens is 214 g/mol. The average Bonchev–Trinajstić information content (AvgIpc) is 2.85. The van der Waals surface area contributed by atoms with Crippen molar-refractivity contribution < 1.29 is 4.74 Å². The molecule has 90 valence electrons. The van der Waals surface area contributed by atoms with Crippen LogP contribution in [0.4, 0.5) is 0 Å². The molecule has 0 amide bonds. The lowest BCUT2D eigenvalue weighted by Gasteiger charge is -1.99. The Kier molecular flexibility index (Phi) is 4.27. The van der Waals surface area contributed by atoms with Gasteiger partial charge >= 0.3 is 0 Å². The highest BCUT2D eigenvalue weighted by atomic mass is 16.5. The third-order valence-corrected chi connectivity index (χ3v) is 2.45. The van der Waals surface area contributed by atoms with Gasteiger partial charge in [-0.05, 0) is 18.6 Å². The van der Waals surface area contributed by atoms with E-state index >= 15 is 0 Å². The van der Waals surface area contributed by atoms with E-state index in [4.69, 9.17) is 4.74 Å². The van der Waals surface area contributed by atoms with Gasteiger partial charge in [0, 0.05) is 6.61 Å². The van der Waals surface area contributed by atoms with Gasteiger partial charge in [0.1, 0.15) is 5.69 Å². The first-order chi connectivity index (χ1) is 8.40. The molecule has 1 heterocycles. The van der Waals surface area contributed by atoms with E-state index in [2.05, 4.69) is 17.2 Å². The fraction of sp³-hybridized carbons (Fsp3) is 0.385. The average molecular weight is 231 g/mol. The second-order valence-corrected chi connectivity index (χ2v) is 3.90. The summed E-state index contributed by atoms with van der Waals surface area (Å²) in [6.45, 7) is 3.47. The predicted molar refractivity (Wildman–Crippen MR) is 65.9 cm³/mol. The predicted octanol–water partition coefficient (Wildman–Crippen LogP) is 2.58. The molecule has 0 fully saturated rings. The quantitative estimate of drug-likeness (QED) is 0.717. The molecular formula is C13H17N3O. The van der Waals surface area contributed by atoms with Crippen LogP contribution in [0.2, 0.25) is 0 Å². The van der Waals surface area contributed by atoms with E-state index in [1.54, 1.807) is 4.68 Å². The molecule has 4 nitrogen and oxygen atoms in total. The topological polar surface area (TPSA) is 39.9 Å². The van der Waals surface area contributed by atoms with E-state index in [1.807, 2.05) is 36.5 Å². The number of nitrogens with zero attached hydrogens (tertiary/aromatic N) is 3. The Hall–Kier alpha value is -1.68. The van der Waals surface area contributed by atoms with Crippen molar-refractivity contribution in [2.45, 2.75) is 26.4 Å². The highest BCUT2D eigenvalue weighted by Gasteiger charge is 2.01. The minimum absolute atomic E-state index is 0.535. The highest BCUT2D eigenvalue weighted by molar-refractivity contribution is 5.29. The van der Waals surface area contributed by atoms with Crippen LogP contribution in [0.25, 0.3) is 5.69 Å². The second-order valence-electron chi connectivity index (χ2n) is 3.90. The van der Waals surface area contributed by atoms with Crippen LogP contribution in [-0.2, 0) is 11.3 Å². The zero-order chi connectivity index (χ0) is 11.9. The van der Waals surface area contributed by atoms with Crippen molar-refractivity contribution in [3.63, 3.8) is 0 Å². The Morgan fingerprint density at radius 2 is 2.06 bits per heavy atom. The lowest BCUT2D eigenvalue weighted by molar-refractivity contribution is 0.115. The van der Waals surface area contributed by atoms with Crippen LogP contribution >= 0.6 is 0 Å². The molecule has 0 aliphatic heterocycles. The Morgan fingerprint density at radius 1 is 1.24 bits per heavy atom. The minimum Gasteiger partial charge on any atom is -0.375 e. The van der Waals surface area contributed by atoms with Crippen molar-refractivity contribution in [3.05, 3.63) is 42.2 Å². The molecule has 4 heteroatoms. The van der Waals surface area contributed by atoms with E-state index in [0.29, 0.717) is 6.61 Å². The molecule has 0 saturated carbocycles. The van der Waals surface area contributed by atoms with Crippen LogP contribution in [0.1, 0.15) is 25.5 Å². The van der Waals surface area contributed by atoms with Crippen molar-refractivity contribution in [2.75, 3.05) is 6.61 Å². The Bertz CT molecular complexity index is 439. The molecule has 2 rings (SSSR count). The Morgan fingerprint density at radius 3 is 2.82 bits per heavy atom. The van der Waals surface area contributed by atoms with Gasteiger partial charge in [0.25, 0.3) is 0 Å². The number of ether oxygens (including phenoxy) is 1. The Balaban J connectivity index is 1.92. The van der Waals surface area contributed by atoms with E-state index in [0.717, 1.165) is 30.8 Å². The van der Waals surface area contributed by atoms with Gasteiger partial charge in [0.05, 0.1) is 18.5 Å². The third-order valence-electron chi connectivity index (χ3n) is 2.45. The van der Waals surface area contributed by atoms with Crippen LogP contribution in [-0.4, -0.2) is 21.6 Å². The van der Waals surface area contributed by atoms with Crippen LogP contribution in [0, 0.1) is 0 Å². The summed E-state index contributed by atoms with van der Waals surface area (Å²) in [5.41, 5.74) is 1.88. The van der Waals surface area contributed by atoms with Crippen molar-refractivity contribution in [3.8, 4) is 5.69 Å². The van der Waals surface area contributed by atoms with Gasteiger partial charge in [-0.3, -0.25) is 0 Å². The third kappa shape index (κ3) is 3.39. The number of hydrogen-bond acceptors (Lipinski definition) is 3. The van der Waals surface area contributed by atoms with Gasteiger partial charge in [0.2, 0.25) is 0 Å². The number of para-hydroxylation sites is 1. The fourth-order valence-electron chi connectivity index (χ4n) is 1.49. The van der Waals surface area contributed by atoms with E-state index in [1.165, 1.54) is 0 Å². The normalized spacial score (nSPS) is 10.6. The minimum atomic E-state index is 0.535. The standard InChI is InChI=1S/C13H17N3O/c1-2-3-9-17-11-12-10-16(15-14-12)13-7-5-4-6-8-13/h4-8,10H,2-3,9,11H2,1H3. The van der Waals surface area contributed by atoms with Gasteiger partial charge in [-0.1, -0.05) is 36.8 Å². The van der Waals surface area contributed by atoms with Gasteiger partial charge < -0.3 is 4.74 Å². The van der Waals surface area contributed by atoms with E-state index in [9.17, 15) is 0 Å².